The van der Waals surface area contributed by atoms with E-state index >= 15 is 0 Å². The summed E-state index contributed by atoms with van der Waals surface area (Å²) in [4.78, 5) is 18.9. The number of nitrogens with zero attached hydrogens (tertiary/aromatic N) is 2. The molecule has 0 amide bonds. The third-order valence-corrected chi connectivity index (χ3v) is 4.17. The molecule has 2 fully saturated rings. The van der Waals surface area contributed by atoms with Gasteiger partial charge in [0.05, 0.1) is 18.5 Å². The number of hydrogen-bond acceptors (Lipinski definition) is 5. The van der Waals surface area contributed by atoms with Crippen molar-refractivity contribution in [2.75, 3.05) is 11.9 Å². The van der Waals surface area contributed by atoms with Crippen LogP contribution >= 0.6 is 0 Å². The molecule has 1 saturated carbocycles. The van der Waals surface area contributed by atoms with Crippen molar-refractivity contribution in [2.45, 2.75) is 31.9 Å². The van der Waals surface area contributed by atoms with Gasteiger partial charge >= 0.3 is 5.97 Å². The maximum atomic E-state index is 10.9. The van der Waals surface area contributed by atoms with Crippen LogP contribution in [0.25, 0.3) is 0 Å². The van der Waals surface area contributed by atoms with Crippen LogP contribution in [0.1, 0.15) is 30.3 Å². The fourth-order valence-corrected chi connectivity index (χ4v) is 3.24. The molecule has 1 aliphatic heterocycles. The number of anilines is 1. The molecule has 0 radical (unpaired) electrons. The summed E-state index contributed by atoms with van der Waals surface area (Å²) in [5, 5.41) is 12.2. The van der Waals surface area contributed by atoms with Crippen molar-refractivity contribution < 1.29 is 14.6 Å². The summed E-state index contributed by atoms with van der Waals surface area (Å²) in [5.74, 6) is 0.468. The molecule has 1 aromatic rings. The first kappa shape index (κ1) is 12.3. The molecule has 4 atom stereocenters. The highest BCUT2D eigenvalue weighted by Gasteiger charge is 2.52. The number of carboxylic acid groups (broad SMARTS) is 1. The Hall–Kier alpha value is -1.69. The first-order chi connectivity index (χ1) is 9.20. The van der Waals surface area contributed by atoms with E-state index in [-0.39, 0.29) is 5.69 Å². The molecule has 0 spiro atoms. The average molecular weight is 263 g/mol. The Kier molecular flexibility index (Phi) is 3.10. The lowest BCUT2D eigenvalue weighted by atomic mass is 9.66. The zero-order valence-corrected chi connectivity index (χ0v) is 10.7. The topological polar surface area (TPSA) is 84.3 Å². The Bertz CT molecular complexity index is 494. The third-order valence-electron chi connectivity index (χ3n) is 4.17. The fraction of sp³-hybridized carbons (Fsp3) is 0.615. The van der Waals surface area contributed by atoms with Gasteiger partial charge in [0.15, 0.2) is 5.69 Å². The van der Waals surface area contributed by atoms with Crippen molar-refractivity contribution in [1.29, 1.82) is 0 Å². The van der Waals surface area contributed by atoms with Gasteiger partial charge < -0.3 is 15.2 Å². The molecular weight excluding hydrogens is 246 g/mol. The SMILES string of the molecule is CC[C@@H]1[C@@H](Nc2cncc(C(=O)O)n2)[C@@H]2CCO[C@H]12. The van der Waals surface area contributed by atoms with Crippen LogP contribution in [-0.4, -0.2) is 39.8 Å². The standard InChI is InChI=1S/C13H17N3O3/c1-2-7-11(8-3-4-19-12(7)8)16-10-6-14-5-9(15-10)13(17)18/h5-8,11-12H,2-4H2,1H3,(H,15,16)(H,17,18)/t7-,8+,11-,12-/m1/s1. The normalized spacial score (nSPS) is 32.5. The predicted octanol–water partition coefficient (Wildman–Crippen LogP) is 1.40. The van der Waals surface area contributed by atoms with Crippen molar-refractivity contribution in [3.05, 3.63) is 18.1 Å². The van der Waals surface area contributed by atoms with Crippen LogP contribution in [0.4, 0.5) is 5.82 Å². The van der Waals surface area contributed by atoms with Gasteiger partial charge in [-0.2, -0.15) is 0 Å². The first-order valence-electron chi connectivity index (χ1n) is 6.64. The molecule has 0 bridgehead atoms. The molecule has 2 N–H and O–H groups in total. The van der Waals surface area contributed by atoms with E-state index in [1.165, 1.54) is 6.20 Å². The summed E-state index contributed by atoms with van der Waals surface area (Å²) in [6.07, 6.45) is 5.30. The molecule has 2 aliphatic rings. The zero-order chi connectivity index (χ0) is 13.4. The van der Waals surface area contributed by atoms with Crippen LogP contribution < -0.4 is 5.32 Å². The van der Waals surface area contributed by atoms with Crippen molar-refractivity contribution in [1.82, 2.24) is 9.97 Å². The van der Waals surface area contributed by atoms with Crippen molar-refractivity contribution in [3.63, 3.8) is 0 Å². The highest BCUT2D eigenvalue weighted by molar-refractivity contribution is 5.85. The first-order valence-corrected chi connectivity index (χ1v) is 6.64. The summed E-state index contributed by atoms with van der Waals surface area (Å²) in [6.45, 7) is 2.97. The largest absolute Gasteiger partial charge is 0.476 e. The lowest BCUT2D eigenvalue weighted by molar-refractivity contribution is -0.0382. The second-order valence-electron chi connectivity index (χ2n) is 5.12. The second-order valence-corrected chi connectivity index (χ2v) is 5.12. The van der Waals surface area contributed by atoms with E-state index in [4.69, 9.17) is 9.84 Å². The van der Waals surface area contributed by atoms with Crippen LogP contribution in [0.15, 0.2) is 12.4 Å². The number of ether oxygens (including phenoxy) is 1. The molecule has 0 unspecified atom stereocenters. The summed E-state index contributed by atoms with van der Waals surface area (Å²) in [6, 6.07) is 0.316. The van der Waals surface area contributed by atoms with E-state index in [0.29, 0.717) is 29.8 Å². The molecule has 2 heterocycles. The fourth-order valence-electron chi connectivity index (χ4n) is 3.24. The van der Waals surface area contributed by atoms with Gasteiger partial charge in [0.1, 0.15) is 5.82 Å². The maximum Gasteiger partial charge on any atom is 0.356 e. The van der Waals surface area contributed by atoms with Gasteiger partial charge in [-0.25, -0.2) is 9.78 Å². The summed E-state index contributed by atoms with van der Waals surface area (Å²) in [7, 11) is 0. The monoisotopic (exact) mass is 263 g/mol. The van der Waals surface area contributed by atoms with Gasteiger partial charge in [0, 0.05) is 24.5 Å². The van der Waals surface area contributed by atoms with E-state index in [1.54, 1.807) is 6.20 Å². The quantitative estimate of drug-likeness (QED) is 0.854. The molecule has 6 nitrogen and oxygen atoms in total. The molecule has 6 heteroatoms. The van der Waals surface area contributed by atoms with Gasteiger partial charge in [0.2, 0.25) is 0 Å². The average Bonchev–Trinajstić information content (AvgIpc) is 2.81. The van der Waals surface area contributed by atoms with Crippen LogP contribution in [0.5, 0.6) is 0 Å². The zero-order valence-electron chi connectivity index (χ0n) is 10.7. The summed E-state index contributed by atoms with van der Waals surface area (Å²) >= 11 is 0. The Morgan fingerprint density at radius 2 is 2.42 bits per heavy atom. The molecule has 1 saturated heterocycles. The van der Waals surface area contributed by atoms with Crippen molar-refractivity contribution in [2.24, 2.45) is 11.8 Å². The van der Waals surface area contributed by atoms with Crippen molar-refractivity contribution >= 4 is 11.8 Å². The Labute approximate surface area is 111 Å². The number of fused-ring (bicyclic) bond motifs is 1. The molecular formula is C13H17N3O3. The van der Waals surface area contributed by atoms with Gasteiger partial charge in [0.25, 0.3) is 0 Å². The van der Waals surface area contributed by atoms with Gasteiger partial charge in [-0.05, 0) is 12.8 Å². The van der Waals surface area contributed by atoms with Gasteiger partial charge in [-0.3, -0.25) is 4.98 Å². The van der Waals surface area contributed by atoms with E-state index in [1.807, 2.05) is 0 Å². The second kappa shape index (κ2) is 4.77. The number of nitrogens with one attached hydrogen (secondary N) is 1. The minimum atomic E-state index is -1.06. The van der Waals surface area contributed by atoms with Crippen molar-refractivity contribution in [3.8, 4) is 0 Å². The third kappa shape index (κ3) is 2.06. The van der Waals surface area contributed by atoms with Crippen LogP contribution in [0, 0.1) is 11.8 Å². The van der Waals surface area contributed by atoms with Crippen LogP contribution in [0.2, 0.25) is 0 Å². The van der Waals surface area contributed by atoms with E-state index in [9.17, 15) is 4.79 Å². The maximum absolute atomic E-state index is 10.9. The van der Waals surface area contributed by atoms with E-state index < -0.39 is 5.97 Å². The molecule has 3 rings (SSSR count). The van der Waals surface area contributed by atoms with Crippen LogP contribution in [0.3, 0.4) is 0 Å². The highest BCUT2D eigenvalue weighted by atomic mass is 16.5. The van der Waals surface area contributed by atoms with Gasteiger partial charge in [-0.15, -0.1) is 0 Å². The predicted molar refractivity (Wildman–Crippen MR) is 68.0 cm³/mol. The molecule has 0 aromatic carbocycles. The summed E-state index contributed by atoms with van der Waals surface area (Å²) < 4.78 is 5.72. The lowest BCUT2D eigenvalue weighted by Crippen LogP contribution is -2.56. The number of rotatable bonds is 4. The number of carbonyl (C=O) groups is 1. The smallest absolute Gasteiger partial charge is 0.356 e. The van der Waals surface area contributed by atoms with Gasteiger partial charge in [-0.1, -0.05) is 6.92 Å². The number of aromatic carboxylic acids is 1. The molecule has 102 valence electrons. The number of hydrogen-bond donors (Lipinski definition) is 2. The molecule has 1 aromatic heterocycles. The lowest BCUT2D eigenvalue weighted by Gasteiger charge is -2.47. The minimum absolute atomic E-state index is 0.0309. The Balaban J connectivity index is 1.74. The van der Waals surface area contributed by atoms with E-state index in [2.05, 4.69) is 22.2 Å². The highest BCUT2D eigenvalue weighted by Crippen LogP contribution is 2.46. The number of aromatic nitrogens is 2. The molecule has 1 aliphatic carbocycles. The Morgan fingerprint density at radius 1 is 1.58 bits per heavy atom. The van der Waals surface area contributed by atoms with Crippen LogP contribution in [-0.2, 0) is 4.74 Å². The number of carboxylic acids is 1. The molecule has 19 heavy (non-hydrogen) atoms. The summed E-state index contributed by atoms with van der Waals surface area (Å²) in [5.41, 5.74) is -0.0309. The Morgan fingerprint density at radius 3 is 3.16 bits per heavy atom. The van der Waals surface area contributed by atoms with E-state index in [0.717, 1.165) is 19.4 Å². The minimum Gasteiger partial charge on any atom is -0.476 e.